The smallest absolute Gasteiger partial charge is 0.230 e. The topological polar surface area (TPSA) is 50.3 Å². The van der Waals surface area contributed by atoms with Gasteiger partial charge in [0.2, 0.25) is 5.91 Å². The van der Waals surface area contributed by atoms with Crippen LogP contribution in [0.4, 0.5) is 0 Å². The van der Waals surface area contributed by atoms with Gasteiger partial charge in [-0.3, -0.25) is 14.6 Å². The van der Waals surface area contributed by atoms with E-state index in [1.165, 1.54) is 0 Å². The standard InChI is InChI=1S/C15H14N2O2/c18-14-8-15(19)17(10-14)6-5-13-7-11-3-1-2-4-12(11)9-16-13/h1-4,7,9H,5-6,8,10H2. The van der Waals surface area contributed by atoms with E-state index in [0.29, 0.717) is 13.0 Å². The van der Waals surface area contributed by atoms with Crippen molar-refractivity contribution in [2.24, 2.45) is 0 Å². The van der Waals surface area contributed by atoms with Crippen LogP contribution in [-0.4, -0.2) is 34.7 Å². The van der Waals surface area contributed by atoms with Gasteiger partial charge in [0.1, 0.15) is 0 Å². The van der Waals surface area contributed by atoms with E-state index in [2.05, 4.69) is 4.98 Å². The number of rotatable bonds is 3. The van der Waals surface area contributed by atoms with E-state index in [-0.39, 0.29) is 24.7 Å². The molecule has 0 unspecified atom stereocenters. The fourth-order valence-electron chi connectivity index (χ4n) is 2.36. The summed E-state index contributed by atoms with van der Waals surface area (Å²) in [5.41, 5.74) is 0.950. The van der Waals surface area contributed by atoms with E-state index in [0.717, 1.165) is 16.5 Å². The van der Waals surface area contributed by atoms with E-state index < -0.39 is 0 Å². The molecule has 4 heteroatoms. The molecule has 0 aliphatic carbocycles. The summed E-state index contributed by atoms with van der Waals surface area (Å²) in [6, 6.07) is 10.1. The van der Waals surface area contributed by atoms with Gasteiger partial charge in [0.25, 0.3) is 0 Å². The lowest BCUT2D eigenvalue weighted by Gasteiger charge is -2.13. The molecule has 1 aliphatic heterocycles. The lowest BCUT2D eigenvalue weighted by atomic mass is 10.1. The van der Waals surface area contributed by atoms with Gasteiger partial charge in [-0.25, -0.2) is 0 Å². The molecule has 2 aromatic rings. The number of carbonyl (C=O) groups excluding carboxylic acids is 2. The molecule has 1 saturated heterocycles. The summed E-state index contributed by atoms with van der Waals surface area (Å²) in [7, 11) is 0. The maximum atomic E-state index is 11.5. The number of carbonyl (C=O) groups is 2. The first kappa shape index (κ1) is 11.8. The molecule has 1 fully saturated rings. The van der Waals surface area contributed by atoms with Gasteiger partial charge in [-0.2, -0.15) is 0 Å². The number of Topliss-reactive ketones (excluding diaryl/α,β-unsaturated/α-hetero) is 1. The molecule has 1 aliphatic rings. The highest BCUT2D eigenvalue weighted by Crippen LogP contribution is 2.14. The zero-order chi connectivity index (χ0) is 13.2. The molecule has 19 heavy (non-hydrogen) atoms. The van der Waals surface area contributed by atoms with Crippen molar-refractivity contribution in [2.45, 2.75) is 12.8 Å². The highest BCUT2D eigenvalue weighted by Gasteiger charge is 2.26. The van der Waals surface area contributed by atoms with Gasteiger partial charge < -0.3 is 4.90 Å². The summed E-state index contributed by atoms with van der Waals surface area (Å²) in [5, 5.41) is 2.26. The van der Waals surface area contributed by atoms with Crippen LogP contribution in [0.25, 0.3) is 10.8 Å². The largest absolute Gasteiger partial charge is 0.335 e. The van der Waals surface area contributed by atoms with Crippen LogP contribution in [0.3, 0.4) is 0 Å². The molecule has 0 saturated carbocycles. The first-order valence-electron chi connectivity index (χ1n) is 6.35. The Bertz CT molecular complexity index is 651. The van der Waals surface area contributed by atoms with Crippen LogP contribution in [0.1, 0.15) is 12.1 Å². The third-order valence-electron chi connectivity index (χ3n) is 3.39. The molecular formula is C15H14N2O2. The third kappa shape index (κ3) is 2.47. The van der Waals surface area contributed by atoms with Crippen LogP contribution < -0.4 is 0 Å². The third-order valence-corrected chi connectivity index (χ3v) is 3.39. The molecule has 1 aromatic carbocycles. The minimum atomic E-state index is -0.0641. The number of amides is 1. The minimum Gasteiger partial charge on any atom is -0.335 e. The second kappa shape index (κ2) is 4.80. The summed E-state index contributed by atoms with van der Waals surface area (Å²) in [5.74, 6) is -0.0535. The number of hydrogen-bond donors (Lipinski definition) is 0. The predicted molar refractivity (Wildman–Crippen MR) is 71.7 cm³/mol. The van der Waals surface area contributed by atoms with E-state index in [4.69, 9.17) is 0 Å². The van der Waals surface area contributed by atoms with E-state index in [1.54, 1.807) is 4.90 Å². The number of aromatic nitrogens is 1. The number of hydrogen-bond acceptors (Lipinski definition) is 3. The van der Waals surface area contributed by atoms with Gasteiger partial charge in [-0.05, 0) is 11.5 Å². The normalized spacial score (nSPS) is 15.5. The SMILES string of the molecule is O=C1CC(=O)N(CCc2cc3ccccc3cn2)C1. The zero-order valence-corrected chi connectivity index (χ0v) is 10.5. The van der Waals surface area contributed by atoms with Crippen molar-refractivity contribution in [3.8, 4) is 0 Å². The van der Waals surface area contributed by atoms with Crippen LogP contribution in [-0.2, 0) is 16.0 Å². The highest BCUT2D eigenvalue weighted by molar-refractivity contribution is 6.05. The van der Waals surface area contributed by atoms with Crippen molar-refractivity contribution < 1.29 is 9.59 Å². The second-order valence-corrected chi connectivity index (χ2v) is 4.80. The van der Waals surface area contributed by atoms with Crippen molar-refractivity contribution in [1.29, 1.82) is 0 Å². The molecule has 1 aromatic heterocycles. The Balaban J connectivity index is 1.71. The first-order valence-corrected chi connectivity index (χ1v) is 6.35. The summed E-state index contributed by atoms with van der Waals surface area (Å²) >= 11 is 0. The van der Waals surface area contributed by atoms with Gasteiger partial charge >= 0.3 is 0 Å². The second-order valence-electron chi connectivity index (χ2n) is 4.80. The maximum Gasteiger partial charge on any atom is 0.230 e. The average Bonchev–Trinajstić information content (AvgIpc) is 2.74. The Kier molecular flexibility index (Phi) is 2.99. The zero-order valence-electron chi connectivity index (χ0n) is 10.5. The van der Waals surface area contributed by atoms with Crippen molar-refractivity contribution in [1.82, 2.24) is 9.88 Å². The Morgan fingerprint density at radius 2 is 1.95 bits per heavy atom. The minimum absolute atomic E-state index is 0.0106. The van der Waals surface area contributed by atoms with Crippen molar-refractivity contribution in [2.75, 3.05) is 13.1 Å². The molecule has 4 nitrogen and oxygen atoms in total. The number of benzene rings is 1. The molecule has 0 bridgehead atoms. The molecule has 0 spiro atoms. The summed E-state index contributed by atoms with van der Waals surface area (Å²) in [6.07, 6.45) is 2.59. The summed E-state index contributed by atoms with van der Waals surface area (Å²) in [4.78, 5) is 28.7. The molecule has 96 valence electrons. The molecule has 1 amide bonds. The quantitative estimate of drug-likeness (QED) is 0.781. The van der Waals surface area contributed by atoms with Crippen molar-refractivity contribution >= 4 is 22.5 Å². The molecule has 0 radical (unpaired) electrons. The molecule has 2 heterocycles. The van der Waals surface area contributed by atoms with Gasteiger partial charge in [0.15, 0.2) is 5.78 Å². The molecule has 3 rings (SSSR count). The Morgan fingerprint density at radius 3 is 2.68 bits per heavy atom. The monoisotopic (exact) mass is 254 g/mol. The number of pyridine rings is 1. The predicted octanol–water partition coefficient (Wildman–Crippen LogP) is 1.58. The van der Waals surface area contributed by atoms with Crippen molar-refractivity contribution in [3.05, 3.63) is 42.2 Å². The van der Waals surface area contributed by atoms with Crippen LogP contribution in [0.15, 0.2) is 36.5 Å². The fourth-order valence-corrected chi connectivity index (χ4v) is 2.36. The summed E-state index contributed by atoms with van der Waals surface area (Å²) in [6.45, 7) is 0.822. The number of nitrogens with zero attached hydrogens (tertiary/aromatic N) is 2. The number of fused-ring (bicyclic) bond motifs is 1. The maximum absolute atomic E-state index is 11.5. The average molecular weight is 254 g/mol. The number of ketones is 1. The van der Waals surface area contributed by atoms with Crippen molar-refractivity contribution in [3.63, 3.8) is 0 Å². The Hall–Kier alpha value is -2.23. The van der Waals surface area contributed by atoms with Gasteiger partial charge in [0, 0.05) is 30.2 Å². The van der Waals surface area contributed by atoms with Gasteiger partial charge in [-0.15, -0.1) is 0 Å². The van der Waals surface area contributed by atoms with Crippen LogP contribution >= 0.6 is 0 Å². The summed E-state index contributed by atoms with van der Waals surface area (Å²) < 4.78 is 0. The highest BCUT2D eigenvalue weighted by atomic mass is 16.2. The molecule has 0 N–H and O–H groups in total. The fraction of sp³-hybridized carbons (Fsp3) is 0.267. The lowest BCUT2D eigenvalue weighted by molar-refractivity contribution is -0.127. The lowest BCUT2D eigenvalue weighted by Crippen LogP contribution is -2.27. The van der Waals surface area contributed by atoms with E-state index >= 15 is 0 Å². The van der Waals surface area contributed by atoms with Gasteiger partial charge in [-0.1, -0.05) is 24.3 Å². The van der Waals surface area contributed by atoms with Crippen LogP contribution in [0, 0.1) is 0 Å². The Morgan fingerprint density at radius 1 is 1.16 bits per heavy atom. The molecular weight excluding hydrogens is 240 g/mol. The number of likely N-dealkylation sites (tertiary alicyclic amines) is 1. The molecule has 0 atom stereocenters. The van der Waals surface area contributed by atoms with E-state index in [9.17, 15) is 9.59 Å². The van der Waals surface area contributed by atoms with Crippen LogP contribution in [0.5, 0.6) is 0 Å². The first-order chi connectivity index (χ1) is 9.22. The van der Waals surface area contributed by atoms with Crippen LogP contribution in [0.2, 0.25) is 0 Å². The Labute approximate surface area is 111 Å². The van der Waals surface area contributed by atoms with E-state index in [1.807, 2.05) is 36.5 Å². The van der Waals surface area contributed by atoms with Gasteiger partial charge in [0.05, 0.1) is 13.0 Å².